The minimum absolute atomic E-state index is 0.0288. The average Bonchev–Trinajstić information content (AvgIpc) is 3.09. The fraction of sp³-hybridized carbons (Fsp3) is 0.333. The lowest BCUT2D eigenvalue weighted by molar-refractivity contribution is -0.119. The van der Waals surface area contributed by atoms with Crippen molar-refractivity contribution in [1.82, 2.24) is 19.7 Å². The summed E-state index contributed by atoms with van der Waals surface area (Å²) in [6, 6.07) is 5.62. The van der Waals surface area contributed by atoms with E-state index in [1.54, 1.807) is 10.8 Å². The molecule has 0 radical (unpaired) electrons. The van der Waals surface area contributed by atoms with Crippen molar-refractivity contribution in [3.63, 3.8) is 0 Å². The van der Waals surface area contributed by atoms with Crippen LogP contribution in [0.2, 0.25) is 0 Å². The maximum Gasteiger partial charge on any atom is 0.257 e. The third kappa shape index (κ3) is 2.90. The van der Waals surface area contributed by atoms with Crippen LogP contribution in [-0.4, -0.2) is 31.4 Å². The summed E-state index contributed by atoms with van der Waals surface area (Å²) in [5.74, 6) is 0.236. The highest BCUT2D eigenvalue weighted by atomic mass is 32.2. The first-order chi connectivity index (χ1) is 12.6. The standard InChI is InChI=1S/C18H19N5O2S/c1-3-14-10(2)20-18-23(17(14)25)8-12(9-26-18)16(24)21-13-5-4-11-7-19-22-15(11)6-13/h4-7,12H,3,8-9H2,1-2H3,(H,19,22)(H,21,24)/t12-/m1/s1. The van der Waals surface area contributed by atoms with Crippen LogP contribution in [0.4, 0.5) is 5.69 Å². The third-order valence-electron chi connectivity index (χ3n) is 4.68. The van der Waals surface area contributed by atoms with Gasteiger partial charge in [0.05, 0.1) is 17.6 Å². The summed E-state index contributed by atoms with van der Waals surface area (Å²) in [5.41, 5.74) is 3.06. The van der Waals surface area contributed by atoms with Gasteiger partial charge in [0.2, 0.25) is 5.91 Å². The second-order valence-electron chi connectivity index (χ2n) is 6.40. The molecule has 0 fully saturated rings. The molecule has 8 heteroatoms. The predicted octanol–water partition coefficient (Wildman–Crippen LogP) is 2.35. The number of carbonyl (C=O) groups excluding carboxylic acids is 1. The summed E-state index contributed by atoms with van der Waals surface area (Å²) in [6.45, 7) is 4.18. The highest BCUT2D eigenvalue weighted by molar-refractivity contribution is 7.99. The fourth-order valence-electron chi connectivity index (χ4n) is 3.22. The highest BCUT2D eigenvalue weighted by Crippen LogP contribution is 2.27. The number of rotatable bonds is 3. The zero-order valence-corrected chi connectivity index (χ0v) is 15.4. The Morgan fingerprint density at radius 1 is 1.46 bits per heavy atom. The van der Waals surface area contributed by atoms with Gasteiger partial charge >= 0.3 is 0 Å². The second-order valence-corrected chi connectivity index (χ2v) is 7.38. The molecule has 1 aromatic carbocycles. The zero-order valence-electron chi connectivity index (χ0n) is 14.6. The van der Waals surface area contributed by atoms with E-state index in [-0.39, 0.29) is 17.4 Å². The largest absolute Gasteiger partial charge is 0.326 e. The van der Waals surface area contributed by atoms with E-state index in [0.717, 1.165) is 22.2 Å². The van der Waals surface area contributed by atoms with Crippen molar-refractivity contribution in [3.05, 3.63) is 46.0 Å². The van der Waals surface area contributed by atoms with Crippen LogP contribution in [0, 0.1) is 12.8 Å². The minimum Gasteiger partial charge on any atom is -0.326 e. The quantitative estimate of drug-likeness (QED) is 0.692. The van der Waals surface area contributed by atoms with Gasteiger partial charge in [0.15, 0.2) is 5.16 Å². The van der Waals surface area contributed by atoms with Gasteiger partial charge in [0, 0.05) is 34.6 Å². The van der Waals surface area contributed by atoms with Crippen molar-refractivity contribution in [1.29, 1.82) is 0 Å². The van der Waals surface area contributed by atoms with E-state index in [2.05, 4.69) is 20.5 Å². The number of aromatic nitrogens is 4. The summed E-state index contributed by atoms with van der Waals surface area (Å²) in [4.78, 5) is 29.9. The number of benzene rings is 1. The number of aromatic amines is 1. The summed E-state index contributed by atoms with van der Waals surface area (Å²) < 4.78 is 1.64. The molecule has 26 heavy (non-hydrogen) atoms. The van der Waals surface area contributed by atoms with Crippen molar-refractivity contribution in [2.45, 2.75) is 32.0 Å². The lowest BCUT2D eigenvalue weighted by atomic mass is 10.1. The summed E-state index contributed by atoms with van der Waals surface area (Å²) >= 11 is 1.46. The number of hydrogen-bond donors (Lipinski definition) is 2. The Labute approximate surface area is 154 Å². The monoisotopic (exact) mass is 369 g/mol. The molecule has 1 amide bonds. The number of anilines is 1. The number of aryl methyl sites for hydroxylation is 1. The van der Waals surface area contributed by atoms with E-state index >= 15 is 0 Å². The Hall–Kier alpha value is -2.61. The van der Waals surface area contributed by atoms with E-state index in [1.807, 2.05) is 32.0 Å². The number of H-pyrrole nitrogens is 1. The third-order valence-corrected chi connectivity index (χ3v) is 5.82. The predicted molar refractivity (Wildman–Crippen MR) is 102 cm³/mol. The van der Waals surface area contributed by atoms with Gasteiger partial charge in [0.25, 0.3) is 5.56 Å². The fourth-order valence-corrected chi connectivity index (χ4v) is 4.34. The van der Waals surface area contributed by atoms with Crippen LogP contribution in [-0.2, 0) is 17.8 Å². The molecule has 0 saturated carbocycles. The molecule has 0 bridgehead atoms. The van der Waals surface area contributed by atoms with Gasteiger partial charge in [0.1, 0.15) is 0 Å². The Balaban J connectivity index is 1.56. The molecule has 0 aliphatic carbocycles. The topological polar surface area (TPSA) is 92.7 Å². The van der Waals surface area contributed by atoms with Crippen LogP contribution in [0.25, 0.3) is 10.9 Å². The molecule has 3 heterocycles. The number of amides is 1. The second kappa shape index (κ2) is 6.60. The van der Waals surface area contributed by atoms with Crippen molar-refractivity contribution < 1.29 is 4.79 Å². The van der Waals surface area contributed by atoms with Crippen molar-refractivity contribution in [2.24, 2.45) is 5.92 Å². The van der Waals surface area contributed by atoms with Gasteiger partial charge in [-0.05, 0) is 31.5 Å². The summed E-state index contributed by atoms with van der Waals surface area (Å²) in [5, 5.41) is 11.5. The molecular weight excluding hydrogens is 350 g/mol. The normalized spacial score (nSPS) is 16.5. The molecule has 1 aliphatic rings. The maximum atomic E-state index is 12.7. The van der Waals surface area contributed by atoms with E-state index in [4.69, 9.17) is 0 Å². The van der Waals surface area contributed by atoms with E-state index in [9.17, 15) is 9.59 Å². The molecule has 1 atom stereocenters. The lowest BCUT2D eigenvalue weighted by Crippen LogP contribution is -2.38. The first-order valence-corrected chi connectivity index (χ1v) is 9.52. The van der Waals surface area contributed by atoms with Gasteiger partial charge in [-0.3, -0.25) is 19.3 Å². The van der Waals surface area contributed by atoms with E-state index in [0.29, 0.717) is 29.6 Å². The van der Waals surface area contributed by atoms with E-state index < -0.39 is 0 Å². The minimum atomic E-state index is -0.281. The molecule has 0 unspecified atom stereocenters. The summed E-state index contributed by atoms with van der Waals surface area (Å²) in [7, 11) is 0. The molecule has 2 N–H and O–H groups in total. The summed E-state index contributed by atoms with van der Waals surface area (Å²) in [6.07, 6.45) is 2.38. The SMILES string of the molecule is CCc1c(C)nc2n(c1=O)C[C@@H](C(=O)Nc1ccc3cn[nH]c3c1)CS2. The Bertz CT molecular complexity index is 1060. The van der Waals surface area contributed by atoms with Crippen LogP contribution in [0.15, 0.2) is 34.3 Å². The molecule has 4 rings (SSSR count). The zero-order chi connectivity index (χ0) is 18.3. The first kappa shape index (κ1) is 16.8. The Kier molecular flexibility index (Phi) is 4.28. The number of thioether (sulfide) groups is 1. The molecule has 0 saturated heterocycles. The van der Waals surface area contributed by atoms with Crippen LogP contribution in [0.5, 0.6) is 0 Å². The van der Waals surface area contributed by atoms with Gasteiger partial charge in [-0.15, -0.1) is 0 Å². The van der Waals surface area contributed by atoms with Gasteiger partial charge in [-0.2, -0.15) is 5.10 Å². The van der Waals surface area contributed by atoms with Crippen LogP contribution in [0.3, 0.4) is 0 Å². The Morgan fingerprint density at radius 2 is 2.31 bits per heavy atom. The number of nitrogens with one attached hydrogen (secondary N) is 2. The van der Waals surface area contributed by atoms with Gasteiger partial charge in [-0.25, -0.2) is 4.98 Å². The molecular formula is C18H19N5O2S. The van der Waals surface area contributed by atoms with E-state index in [1.165, 1.54) is 11.8 Å². The van der Waals surface area contributed by atoms with Crippen molar-refractivity contribution >= 4 is 34.3 Å². The molecule has 7 nitrogen and oxygen atoms in total. The van der Waals surface area contributed by atoms with Crippen LogP contribution < -0.4 is 10.9 Å². The number of hydrogen-bond acceptors (Lipinski definition) is 5. The Morgan fingerprint density at radius 3 is 3.12 bits per heavy atom. The first-order valence-electron chi connectivity index (χ1n) is 8.54. The number of nitrogens with zero attached hydrogens (tertiary/aromatic N) is 3. The molecule has 2 aromatic heterocycles. The average molecular weight is 369 g/mol. The van der Waals surface area contributed by atoms with Gasteiger partial charge in [-0.1, -0.05) is 18.7 Å². The van der Waals surface area contributed by atoms with Crippen molar-refractivity contribution in [2.75, 3.05) is 11.1 Å². The maximum absolute atomic E-state index is 12.7. The smallest absolute Gasteiger partial charge is 0.257 e. The van der Waals surface area contributed by atoms with Crippen LogP contribution >= 0.6 is 11.8 Å². The van der Waals surface area contributed by atoms with Crippen LogP contribution in [0.1, 0.15) is 18.2 Å². The van der Waals surface area contributed by atoms with Gasteiger partial charge < -0.3 is 5.32 Å². The molecule has 0 spiro atoms. The van der Waals surface area contributed by atoms with Crippen molar-refractivity contribution in [3.8, 4) is 0 Å². The number of carbonyl (C=O) groups is 1. The molecule has 134 valence electrons. The number of fused-ring (bicyclic) bond motifs is 2. The lowest BCUT2D eigenvalue weighted by Gasteiger charge is -2.25. The highest BCUT2D eigenvalue weighted by Gasteiger charge is 2.28. The molecule has 1 aliphatic heterocycles. The molecule has 3 aromatic rings.